The van der Waals surface area contributed by atoms with Gasteiger partial charge in [0.2, 0.25) is 23.6 Å². The largest absolute Gasteiger partial charge is 0.381 e. The number of hydrogen-bond acceptors (Lipinski definition) is 8. The van der Waals surface area contributed by atoms with Crippen molar-refractivity contribution in [3.05, 3.63) is 24.9 Å². The summed E-state index contributed by atoms with van der Waals surface area (Å²) in [5, 5.41) is 13.0. The first-order chi connectivity index (χ1) is 31.4. The molecule has 4 aliphatic carbocycles. The number of fused-ring (bicyclic) bond motifs is 1. The van der Waals surface area contributed by atoms with Crippen LogP contribution >= 0.6 is 0 Å². The SMILES string of the molecule is C=C[C@@H]1C[C@]1(NC(=O)[C@@H]1CC2(CN1C(=O)[C@@H](NC(=O)C(NC(=C)[C@@H]1CCCN1CC)C1(C)CCCCC1)C1(C)CCOCC1)C(C)(C)C21CCC1)C(=O)NC.CCC.CCCCCC.CN. The molecule has 0 bridgehead atoms. The Labute approximate surface area is 401 Å². The Kier molecular flexibility index (Phi) is 19.9. The molecule has 378 valence electrons. The maximum absolute atomic E-state index is 15.6. The lowest BCUT2D eigenvalue weighted by molar-refractivity contribution is -0.147. The van der Waals surface area contributed by atoms with Gasteiger partial charge >= 0.3 is 0 Å². The van der Waals surface area contributed by atoms with Crippen LogP contribution in [0, 0.1) is 33.0 Å². The minimum atomic E-state index is -1.06. The minimum absolute atomic E-state index is 0.0353. The van der Waals surface area contributed by atoms with Crippen LogP contribution in [0.3, 0.4) is 0 Å². The van der Waals surface area contributed by atoms with Gasteiger partial charge in [-0.1, -0.05) is 133 Å². The third-order valence-corrected chi connectivity index (χ3v) is 18.0. The van der Waals surface area contributed by atoms with E-state index in [4.69, 9.17) is 4.74 Å². The Hall–Kier alpha value is -2.96. The second-order valence-electron chi connectivity index (χ2n) is 22.1. The molecule has 0 aromatic heterocycles. The summed E-state index contributed by atoms with van der Waals surface area (Å²) in [6, 6.07) is -1.99. The molecule has 0 radical (unpaired) electrons. The number of likely N-dealkylation sites (tertiary alicyclic amines) is 2. The first kappa shape index (κ1) is 55.6. The Morgan fingerprint density at radius 1 is 0.773 bits per heavy atom. The number of unbranched alkanes of at least 4 members (excludes halogenated alkanes) is 3. The molecule has 3 heterocycles. The third kappa shape index (κ3) is 10.8. The van der Waals surface area contributed by atoms with Crippen LogP contribution in [0.15, 0.2) is 24.9 Å². The number of nitrogens with one attached hydrogen (secondary N) is 4. The topological polar surface area (TPSA) is 158 Å². The molecule has 2 spiro atoms. The summed E-state index contributed by atoms with van der Waals surface area (Å²) in [4.78, 5) is 62.8. The second-order valence-corrected chi connectivity index (χ2v) is 22.1. The van der Waals surface area contributed by atoms with E-state index >= 15 is 9.59 Å². The fourth-order valence-corrected chi connectivity index (χ4v) is 13.3. The van der Waals surface area contributed by atoms with Crippen molar-refractivity contribution in [2.75, 3.05) is 46.9 Å². The van der Waals surface area contributed by atoms with Gasteiger partial charge in [-0.15, -0.1) is 6.58 Å². The summed E-state index contributed by atoms with van der Waals surface area (Å²) in [7, 11) is 3.09. The lowest BCUT2D eigenvalue weighted by Gasteiger charge is -2.45. The van der Waals surface area contributed by atoms with Gasteiger partial charge in [-0.2, -0.15) is 0 Å². The highest BCUT2D eigenvalue weighted by molar-refractivity contribution is 5.99. The third-order valence-electron chi connectivity index (χ3n) is 18.0. The highest BCUT2D eigenvalue weighted by Crippen LogP contribution is 2.88. The normalized spacial score (nSPS) is 30.2. The molecule has 3 saturated heterocycles. The molecule has 4 amide bonds. The smallest absolute Gasteiger partial charge is 0.246 e. The molecule has 7 rings (SSSR count). The highest BCUT2D eigenvalue weighted by Gasteiger charge is 2.85. The zero-order valence-electron chi connectivity index (χ0n) is 43.9. The first-order valence-corrected chi connectivity index (χ1v) is 26.5. The van der Waals surface area contributed by atoms with E-state index in [2.05, 4.69) is 107 Å². The number of carbonyl (C=O) groups is 4. The minimum Gasteiger partial charge on any atom is -0.381 e. The van der Waals surface area contributed by atoms with Crippen molar-refractivity contribution in [2.45, 2.75) is 214 Å². The molecule has 12 nitrogen and oxygen atoms in total. The van der Waals surface area contributed by atoms with Crippen molar-refractivity contribution >= 4 is 23.6 Å². The summed E-state index contributed by atoms with van der Waals surface area (Å²) in [5.74, 6) is -1.07. The van der Waals surface area contributed by atoms with Crippen LogP contribution in [0.1, 0.15) is 184 Å². The molecule has 7 aliphatic rings. The van der Waals surface area contributed by atoms with Gasteiger partial charge in [0.25, 0.3) is 0 Å². The second kappa shape index (κ2) is 23.6. The summed E-state index contributed by atoms with van der Waals surface area (Å²) >= 11 is 0. The monoisotopic (exact) mass is 924 g/mol. The van der Waals surface area contributed by atoms with E-state index in [-0.39, 0.29) is 57.2 Å². The maximum Gasteiger partial charge on any atom is 0.246 e. The number of nitrogens with two attached hydrogens (primary N) is 1. The zero-order chi connectivity index (χ0) is 49.1. The maximum atomic E-state index is 15.6. The molecule has 6 N–H and O–H groups in total. The van der Waals surface area contributed by atoms with Crippen LogP contribution in [0.4, 0.5) is 0 Å². The molecule has 3 aliphatic heterocycles. The van der Waals surface area contributed by atoms with Crippen molar-refractivity contribution in [3.8, 4) is 0 Å². The van der Waals surface area contributed by atoms with Crippen LogP contribution in [-0.4, -0.2) is 110 Å². The molecule has 0 aromatic carbocycles. The molecular weight excluding hydrogens is 827 g/mol. The van der Waals surface area contributed by atoms with E-state index in [0.29, 0.717) is 45.4 Å². The predicted octanol–water partition coefficient (Wildman–Crippen LogP) is 8.40. The summed E-state index contributed by atoms with van der Waals surface area (Å²) in [5.41, 5.74) is 3.29. The molecule has 2 unspecified atom stereocenters. The van der Waals surface area contributed by atoms with Gasteiger partial charge in [0.1, 0.15) is 23.7 Å². The average molecular weight is 924 g/mol. The van der Waals surface area contributed by atoms with Crippen molar-refractivity contribution in [1.29, 1.82) is 0 Å². The summed E-state index contributed by atoms with van der Waals surface area (Å²) < 4.78 is 5.83. The van der Waals surface area contributed by atoms with Crippen LogP contribution < -0.4 is 27.0 Å². The van der Waals surface area contributed by atoms with Gasteiger partial charge in [-0.05, 0) is 101 Å². The lowest BCUT2D eigenvalue weighted by Crippen LogP contribution is -2.64. The van der Waals surface area contributed by atoms with E-state index < -0.39 is 29.1 Å². The van der Waals surface area contributed by atoms with Gasteiger partial charge in [0.15, 0.2) is 0 Å². The van der Waals surface area contributed by atoms with E-state index in [1.165, 1.54) is 39.2 Å². The Morgan fingerprint density at radius 3 is 1.85 bits per heavy atom. The number of rotatable bonds is 16. The number of carbonyl (C=O) groups excluding carboxylic acids is 4. The molecule has 7 fully saturated rings. The Balaban J connectivity index is 0.000000783. The van der Waals surface area contributed by atoms with Crippen LogP contribution in [0.2, 0.25) is 0 Å². The van der Waals surface area contributed by atoms with E-state index in [1.807, 2.05) is 4.90 Å². The standard InChI is InChI=1S/C44H70N6O5.C6H14.C3H8.CH5N/c1-9-30-26-44(30,38(54)45-8)48-35(51)32-27-43(39(4,5)42(43)19-15-20-42)28-50(32)37(53)34(41(7)21-24-55-25-22-41)47-36(52)33(40(6)17-12-11-13-18-40)46-29(3)31-16-14-23-49(31)10-2;1-3-5-6-4-2;1-3-2;1-2/h9,30-34,46H,1,3,10-28H2,2,4-8H3,(H,45,54)(H,47,52)(H,48,51);3-6H2,1-2H3;3H2,1-2H3;2H2,1H3/t30-,31+,32+,33?,34-,43?,44-;;;/m1.../s1. The number of ether oxygens (including phenoxy) is 1. The molecule has 4 saturated carbocycles. The first-order valence-electron chi connectivity index (χ1n) is 26.5. The average Bonchev–Trinajstić information content (AvgIpc) is 3.81. The van der Waals surface area contributed by atoms with Crippen LogP contribution in [0.5, 0.6) is 0 Å². The van der Waals surface area contributed by atoms with Gasteiger partial charge in [0.05, 0.1) is 0 Å². The zero-order valence-corrected chi connectivity index (χ0v) is 43.9. The fourth-order valence-electron chi connectivity index (χ4n) is 13.3. The molecular formula is C54H97N7O5. The lowest BCUT2D eigenvalue weighted by atomic mass is 9.69. The molecule has 7 atom stereocenters. The van der Waals surface area contributed by atoms with Gasteiger partial charge in [-0.3, -0.25) is 24.1 Å². The number of amides is 4. The van der Waals surface area contributed by atoms with Crippen LogP contribution in [-0.2, 0) is 23.9 Å². The summed E-state index contributed by atoms with van der Waals surface area (Å²) in [6.45, 7) is 31.7. The number of nitrogens with zero attached hydrogens (tertiary/aromatic N) is 2. The Morgan fingerprint density at radius 2 is 1.36 bits per heavy atom. The summed E-state index contributed by atoms with van der Waals surface area (Å²) in [6.07, 6.45) is 21.4. The van der Waals surface area contributed by atoms with Crippen molar-refractivity contribution in [3.63, 3.8) is 0 Å². The van der Waals surface area contributed by atoms with Gasteiger partial charge < -0.3 is 36.6 Å². The van der Waals surface area contributed by atoms with Crippen LogP contribution in [0.25, 0.3) is 0 Å². The Bertz CT molecular complexity index is 1650. The van der Waals surface area contributed by atoms with Crippen molar-refractivity contribution in [1.82, 2.24) is 31.1 Å². The van der Waals surface area contributed by atoms with E-state index in [1.54, 1.807) is 13.1 Å². The highest BCUT2D eigenvalue weighted by atomic mass is 16.5. The van der Waals surface area contributed by atoms with Gasteiger partial charge in [0, 0.05) is 55.3 Å². The van der Waals surface area contributed by atoms with Gasteiger partial charge in [-0.25, -0.2) is 0 Å². The number of likely N-dealkylation sites (N-methyl/N-ethyl adjacent to an activating group) is 2. The molecule has 66 heavy (non-hydrogen) atoms. The quantitative estimate of drug-likeness (QED) is 0.0764. The fraction of sp³-hybridized carbons (Fsp3) is 0.852. The predicted molar refractivity (Wildman–Crippen MR) is 269 cm³/mol. The molecule has 0 aromatic rings. The number of hydrogen-bond donors (Lipinski definition) is 5. The van der Waals surface area contributed by atoms with Crippen molar-refractivity contribution < 1.29 is 23.9 Å². The van der Waals surface area contributed by atoms with E-state index in [0.717, 1.165) is 83.0 Å². The van der Waals surface area contributed by atoms with E-state index in [9.17, 15) is 9.59 Å². The van der Waals surface area contributed by atoms with Crippen molar-refractivity contribution in [2.24, 2.45) is 38.7 Å². The molecule has 12 heteroatoms.